The van der Waals surface area contributed by atoms with Gasteiger partial charge in [0.25, 0.3) is 0 Å². The maximum Gasteiger partial charge on any atom is 0.325 e. The van der Waals surface area contributed by atoms with Gasteiger partial charge in [0, 0.05) is 7.05 Å². The molecule has 4 nitrogen and oxygen atoms in total. The fourth-order valence-corrected chi connectivity index (χ4v) is 0.876. The van der Waals surface area contributed by atoms with Crippen molar-refractivity contribution in [3.8, 4) is 0 Å². The SMILES string of the molecule is COC(=O)CN(C)C(=O)CBr. The van der Waals surface area contributed by atoms with Gasteiger partial charge in [0.1, 0.15) is 6.54 Å². The van der Waals surface area contributed by atoms with Crippen LogP contribution in [0.1, 0.15) is 0 Å². The van der Waals surface area contributed by atoms with Gasteiger partial charge < -0.3 is 9.64 Å². The molecule has 0 aromatic heterocycles. The van der Waals surface area contributed by atoms with Crippen molar-refractivity contribution in [2.75, 3.05) is 26.0 Å². The largest absolute Gasteiger partial charge is 0.468 e. The predicted octanol–water partition coefficient (Wildman–Crippen LogP) is 0.0127. The van der Waals surface area contributed by atoms with Gasteiger partial charge in [-0.15, -0.1) is 0 Å². The molecule has 0 aliphatic rings. The van der Waals surface area contributed by atoms with E-state index in [2.05, 4.69) is 20.7 Å². The van der Waals surface area contributed by atoms with Crippen molar-refractivity contribution in [3.05, 3.63) is 0 Å². The maximum absolute atomic E-state index is 10.8. The summed E-state index contributed by atoms with van der Waals surface area (Å²) in [4.78, 5) is 22.7. The molecule has 0 saturated heterocycles. The molecule has 0 radical (unpaired) electrons. The Morgan fingerprint density at radius 2 is 2.09 bits per heavy atom. The Labute approximate surface area is 73.6 Å². The molecule has 5 heteroatoms. The Kier molecular flexibility index (Phi) is 4.85. The number of rotatable bonds is 3. The van der Waals surface area contributed by atoms with Crippen LogP contribution in [0.2, 0.25) is 0 Å². The molecule has 64 valence electrons. The van der Waals surface area contributed by atoms with Gasteiger partial charge in [-0.05, 0) is 0 Å². The van der Waals surface area contributed by atoms with Crippen LogP contribution in [0, 0.1) is 0 Å². The van der Waals surface area contributed by atoms with Crippen molar-refractivity contribution in [3.63, 3.8) is 0 Å². The van der Waals surface area contributed by atoms with Crippen LogP contribution < -0.4 is 0 Å². The lowest BCUT2D eigenvalue weighted by molar-refractivity contribution is -0.145. The lowest BCUT2D eigenvalue weighted by Crippen LogP contribution is -2.33. The average molecular weight is 224 g/mol. The van der Waals surface area contributed by atoms with Gasteiger partial charge in [0.15, 0.2) is 0 Å². The van der Waals surface area contributed by atoms with Crippen molar-refractivity contribution in [2.24, 2.45) is 0 Å². The number of likely N-dealkylation sites (N-methyl/N-ethyl adjacent to an activating group) is 1. The molecule has 0 fully saturated rings. The minimum absolute atomic E-state index is 0.000926. The summed E-state index contributed by atoms with van der Waals surface area (Å²) in [7, 11) is 2.83. The molecule has 0 aromatic carbocycles. The topological polar surface area (TPSA) is 46.6 Å². The van der Waals surface area contributed by atoms with Crippen LogP contribution in [0.3, 0.4) is 0 Å². The van der Waals surface area contributed by atoms with Crippen molar-refractivity contribution in [1.29, 1.82) is 0 Å². The zero-order chi connectivity index (χ0) is 8.85. The zero-order valence-corrected chi connectivity index (χ0v) is 8.05. The van der Waals surface area contributed by atoms with Gasteiger partial charge in [-0.3, -0.25) is 9.59 Å². The Morgan fingerprint density at radius 1 is 1.55 bits per heavy atom. The van der Waals surface area contributed by atoms with Crippen LogP contribution in [0.4, 0.5) is 0 Å². The van der Waals surface area contributed by atoms with Crippen molar-refractivity contribution >= 4 is 27.8 Å². The number of alkyl halides is 1. The minimum atomic E-state index is -0.415. The van der Waals surface area contributed by atoms with E-state index >= 15 is 0 Å². The van der Waals surface area contributed by atoms with Crippen LogP contribution in [0.15, 0.2) is 0 Å². The first kappa shape index (κ1) is 10.4. The lowest BCUT2D eigenvalue weighted by Gasteiger charge is -2.13. The van der Waals surface area contributed by atoms with Crippen LogP contribution in [0.5, 0.6) is 0 Å². The van der Waals surface area contributed by atoms with E-state index in [0.29, 0.717) is 0 Å². The molecular formula is C6H10BrNO3. The summed E-state index contributed by atoms with van der Waals surface area (Å²) in [6.45, 7) is 0.000926. The lowest BCUT2D eigenvalue weighted by atomic mass is 10.5. The average Bonchev–Trinajstić information content (AvgIpc) is 2.02. The highest BCUT2D eigenvalue weighted by Crippen LogP contribution is 1.90. The molecule has 0 aliphatic heterocycles. The molecule has 0 aliphatic carbocycles. The van der Waals surface area contributed by atoms with Gasteiger partial charge >= 0.3 is 5.97 Å². The van der Waals surface area contributed by atoms with Crippen LogP contribution >= 0.6 is 15.9 Å². The maximum atomic E-state index is 10.8. The molecule has 0 bridgehead atoms. The van der Waals surface area contributed by atoms with Gasteiger partial charge in [0.05, 0.1) is 12.4 Å². The summed E-state index contributed by atoms with van der Waals surface area (Å²) in [5.41, 5.74) is 0. The molecule has 0 heterocycles. The molecule has 0 saturated carbocycles. The summed E-state index contributed by atoms with van der Waals surface area (Å²) in [5, 5.41) is 0.223. The molecule has 0 rings (SSSR count). The number of ether oxygens (including phenoxy) is 1. The minimum Gasteiger partial charge on any atom is -0.468 e. The fourth-order valence-electron chi connectivity index (χ4n) is 0.448. The Hall–Kier alpha value is -0.580. The van der Waals surface area contributed by atoms with E-state index in [1.165, 1.54) is 12.0 Å². The molecule has 0 unspecified atom stereocenters. The first-order chi connectivity index (χ1) is 5.11. The third-order valence-corrected chi connectivity index (χ3v) is 1.61. The van der Waals surface area contributed by atoms with Gasteiger partial charge in [-0.1, -0.05) is 15.9 Å². The van der Waals surface area contributed by atoms with Crippen LogP contribution in [-0.4, -0.2) is 42.8 Å². The van der Waals surface area contributed by atoms with Crippen molar-refractivity contribution in [2.45, 2.75) is 0 Å². The summed E-state index contributed by atoms with van der Waals surface area (Å²) < 4.78 is 4.37. The number of halogens is 1. The highest BCUT2D eigenvalue weighted by molar-refractivity contribution is 9.09. The molecule has 1 amide bonds. The Balaban J connectivity index is 3.77. The number of amides is 1. The van der Waals surface area contributed by atoms with Gasteiger partial charge in [-0.2, -0.15) is 0 Å². The third kappa shape index (κ3) is 3.98. The second kappa shape index (κ2) is 5.12. The number of hydrogen-bond acceptors (Lipinski definition) is 3. The summed E-state index contributed by atoms with van der Waals surface area (Å²) >= 11 is 2.98. The van der Waals surface area contributed by atoms with Gasteiger partial charge in [0.2, 0.25) is 5.91 Å². The van der Waals surface area contributed by atoms with E-state index in [1.807, 2.05) is 0 Å². The molecular weight excluding hydrogens is 214 g/mol. The molecule has 0 atom stereocenters. The summed E-state index contributed by atoms with van der Waals surface area (Å²) in [5.74, 6) is -0.558. The smallest absolute Gasteiger partial charge is 0.325 e. The first-order valence-corrected chi connectivity index (χ1v) is 4.10. The highest BCUT2D eigenvalue weighted by Gasteiger charge is 2.10. The normalized spacial score (nSPS) is 9.00. The monoisotopic (exact) mass is 223 g/mol. The first-order valence-electron chi connectivity index (χ1n) is 2.98. The number of carbonyl (C=O) groups excluding carboxylic acids is 2. The van der Waals surface area contributed by atoms with E-state index in [9.17, 15) is 9.59 Å². The Morgan fingerprint density at radius 3 is 2.45 bits per heavy atom. The van der Waals surface area contributed by atoms with E-state index in [0.717, 1.165) is 0 Å². The summed E-state index contributed by atoms with van der Waals surface area (Å²) in [6.07, 6.45) is 0. The molecule has 0 aromatic rings. The van der Waals surface area contributed by atoms with Crippen LogP contribution in [-0.2, 0) is 14.3 Å². The molecule has 0 spiro atoms. The van der Waals surface area contributed by atoms with E-state index in [4.69, 9.17) is 0 Å². The summed E-state index contributed by atoms with van der Waals surface area (Å²) in [6, 6.07) is 0. The van der Waals surface area contributed by atoms with Crippen molar-refractivity contribution in [1.82, 2.24) is 4.90 Å². The van der Waals surface area contributed by atoms with E-state index in [-0.39, 0.29) is 17.8 Å². The predicted molar refractivity (Wildman–Crippen MR) is 43.4 cm³/mol. The second-order valence-corrected chi connectivity index (χ2v) is 2.52. The third-order valence-electron chi connectivity index (χ3n) is 1.13. The molecule has 0 N–H and O–H groups in total. The quantitative estimate of drug-likeness (QED) is 0.501. The van der Waals surface area contributed by atoms with Gasteiger partial charge in [-0.25, -0.2) is 0 Å². The highest BCUT2D eigenvalue weighted by atomic mass is 79.9. The number of hydrogen-bond donors (Lipinski definition) is 0. The Bertz CT molecular complexity index is 160. The van der Waals surface area contributed by atoms with E-state index in [1.54, 1.807) is 7.05 Å². The van der Waals surface area contributed by atoms with E-state index < -0.39 is 5.97 Å². The zero-order valence-electron chi connectivity index (χ0n) is 6.46. The van der Waals surface area contributed by atoms with Crippen molar-refractivity contribution < 1.29 is 14.3 Å². The number of methoxy groups -OCH3 is 1. The van der Waals surface area contributed by atoms with Crippen LogP contribution in [0.25, 0.3) is 0 Å². The number of carbonyl (C=O) groups is 2. The fraction of sp³-hybridized carbons (Fsp3) is 0.667. The molecule has 11 heavy (non-hydrogen) atoms. The number of nitrogens with zero attached hydrogens (tertiary/aromatic N) is 1. The number of esters is 1. The standard InChI is InChI=1S/C6H10BrNO3/c1-8(5(9)3-7)4-6(10)11-2/h3-4H2,1-2H3. The second-order valence-electron chi connectivity index (χ2n) is 1.96.